The maximum absolute atomic E-state index is 13.4. The molecule has 1 N–H and O–H groups in total. The quantitative estimate of drug-likeness (QED) is 0.369. The number of sulfonamides is 1. The average molecular weight is 573 g/mol. The van der Waals surface area contributed by atoms with Gasteiger partial charge >= 0.3 is 0 Å². The van der Waals surface area contributed by atoms with Gasteiger partial charge in [0.1, 0.15) is 11.8 Å². The standard InChI is InChI=1S/C26H35Cl2N3O5S/c1-6-18(2)29-26(33)19(3)30(17-20-12-13-21(27)15-24(20)28)25(32)11-8-14-31(37(5,34)35)22-9-7-10-23(16-22)36-4/h7,9-10,12-13,15-16,18-19H,6,8,11,14,17H2,1-5H3,(H,29,33)/t18-,19+/m1/s1. The largest absolute Gasteiger partial charge is 0.497 e. The van der Waals surface area contributed by atoms with E-state index >= 15 is 0 Å². The minimum atomic E-state index is -3.61. The van der Waals surface area contributed by atoms with Gasteiger partial charge in [-0.25, -0.2) is 8.42 Å². The maximum atomic E-state index is 13.4. The summed E-state index contributed by atoms with van der Waals surface area (Å²) in [5, 5.41) is 3.77. The normalized spacial score (nSPS) is 12.9. The van der Waals surface area contributed by atoms with Crippen molar-refractivity contribution in [2.75, 3.05) is 24.2 Å². The van der Waals surface area contributed by atoms with Crippen LogP contribution in [0.15, 0.2) is 42.5 Å². The molecule has 2 aromatic carbocycles. The van der Waals surface area contributed by atoms with E-state index in [4.69, 9.17) is 27.9 Å². The molecule has 0 fully saturated rings. The zero-order valence-corrected chi connectivity index (χ0v) is 24.2. The summed E-state index contributed by atoms with van der Waals surface area (Å²) >= 11 is 12.4. The van der Waals surface area contributed by atoms with Gasteiger partial charge in [-0.1, -0.05) is 42.3 Å². The van der Waals surface area contributed by atoms with E-state index in [-0.39, 0.29) is 43.8 Å². The van der Waals surface area contributed by atoms with E-state index in [1.54, 1.807) is 49.4 Å². The summed E-state index contributed by atoms with van der Waals surface area (Å²) in [4.78, 5) is 27.7. The van der Waals surface area contributed by atoms with Gasteiger partial charge in [0.15, 0.2) is 0 Å². The maximum Gasteiger partial charge on any atom is 0.242 e. The highest BCUT2D eigenvalue weighted by Crippen LogP contribution is 2.25. The summed E-state index contributed by atoms with van der Waals surface area (Å²) in [5.74, 6) is -0.0479. The van der Waals surface area contributed by atoms with Crippen LogP contribution in [0.25, 0.3) is 0 Å². The third kappa shape index (κ3) is 9.09. The number of hydrogen-bond donors (Lipinski definition) is 1. The van der Waals surface area contributed by atoms with Gasteiger partial charge in [-0.05, 0) is 56.5 Å². The van der Waals surface area contributed by atoms with Gasteiger partial charge in [-0.15, -0.1) is 0 Å². The molecule has 2 atom stereocenters. The number of methoxy groups -OCH3 is 1. The Morgan fingerprint density at radius 2 is 1.81 bits per heavy atom. The van der Waals surface area contributed by atoms with Crippen LogP contribution in [-0.2, 0) is 26.2 Å². The van der Waals surface area contributed by atoms with Gasteiger partial charge < -0.3 is 15.0 Å². The monoisotopic (exact) mass is 571 g/mol. The fourth-order valence-corrected chi connectivity index (χ4v) is 5.08. The first-order valence-electron chi connectivity index (χ1n) is 12.0. The highest BCUT2D eigenvalue weighted by Gasteiger charge is 2.28. The van der Waals surface area contributed by atoms with Crippen molar-refractivity contribution in [3.8, 4) is 5.75 Å². The van der Waals surface area contributed by atoms with Crippen molar-refractivity contribution in [1.29, 1.82) is 0 Å². The minimum Gasteiger partial charge on any atom is -0.497 e. The summed E-state index contributed by atoms with van der Waals surface area (Å²) in [5.41, 5.74) is 1.09. The minimum absolute atomic E-state index is 0.0299. The smallest absolute Gasteiger partial charge is 0.242 e. The van der Waals surface area contributed by atoms with Crippen LogP contribution in [0.3, 0.4) is 0 Å². The molecule has 2 aromatic rings. The molecule has 0 aliphatic rings. The van der Waals surface area contributed by atoms with Crippen LogP contribution in [-0.4, -0.2) is 57.1 Å². The Hall–Kier alpha value is -2.49. The van der Waals surface area contributed by atoms with Crippen LogP contribution in [0.4, 0.5) is 5.69 Å². The summed E-state index contributed by atoms with van der Waals surface area (Å²) in [6.07, 6.45) is 2.14. The molecular weight excluding hydrogens is 537 g/mol. The highest BCUT2D eigenvalue weighted by molar-refractivity contribution is 7.92. The molecule has 11 heteroatoms. The fourth-order valence-electron chi connectivity index (χ4n) is 3.65. The van der Waals surface area contributed by atoms with Crippen LogP contribution in [0, 0.1) is 0 Å². The summed E-state index contributed by atoms with van der Waals surface area (Å²) in [6.45, 7) is 5.71. The zero-order valence-electron chi connectivity index (χ0n) is 21.8. The van der Waals surface area contributed by atoms with E-state index in [1.165, 1.54) is 16.3 Å². The molecule has 0 spiro atoms. The molecule has 0 radical (unpaired) electrons. The van der Waals surface area contributed by atoms with Crippen molar-refractivity contribution in [1.82, 2.24) is 10.2 Å². The SMILES string of the molecule is CC[C@@H](C)NC(=O)[C@H](C)N(Cc1ccc(Cl)cc1Cl)C(=O)CCCN(c1cccc(OC)c1)S(C)(=O)=O. The lowest BCUT2D eigenvalue weighted by atomic mass is 10.1. The Kier molecular flexibility index (Phi) is 11.5. The van der Waals surface area contributed by atoms with Crippen LogP contribution in [0.5, 0.6) is 5.75 Å². The average Bonchev–Trinajstić information content (AvgIpc) is 2.84. The van der Waals surface area contributed by atoms with Gasteiger partial charge in [0, 0.05) is 41.7 Å². The Morgan fingerprint density at radius 3 is 2.41 bits per heavy atom. The lowest BCUT2D eigenvalue weighted by molar-refractivity contribution is -0.140. The van der Waals surface area contributed by atoms with Crippen molar-refractivity contribution < 1.29 is 22.7 Å². The van der Waals surface area contributed by atoms with Crippen molar-refractivity contribution >= 4 is 50.7 Å². The molecule has 0 bridgehead atoms. The Morgan fingerprint density at radius 1 is 1.11 bits per heavy atom. The number of nitrogens with zero attached hydrogens (tertiary/aromatic N) is 2. The van der Waals surface area contributed by atoms with Gasteiger partial charge in [0.05, 0.1) is 19.1 Å². The lowest BCUT2D eigenvalue weighted by Gasteiger charge is -2.30. The third-order valence-electron chi connectivity index (χ3n) is 6.02. The second kappa shape index (κ2) is 13.9. The number of benzene rings is 2. The van der Waals surface area contributed by atoms with Crippen molar-refractivity contribution in [3.63, 3.8) is 0 Å². The number of carbonyl (C=O) groups is 2. The van der Waals surface area contributed by atoms with Gasteiger partial charge in [0.2, 0.25) is 21.8 Å². The number of nitrogens with one attached hydrogen (secondary N) is 1. The number of carbonyl (C=O) groups excluding carboxylic acids is 2. The van der Waals surface area contributed by atoms with Gasteiger partial charge in [-0.3, -0.25) is 13.9 Å². The van der Waals surface area contributed by atoms with Gasteiger partial charge in [-0.2, -0.15) is 0 Å². The van der Waals surface area contributed by atoms with E-state index < -0.39 is 16.1 Å². The molecule has 2 rings (SSSR count). The number of anilines is 1. The molecule has 0 aromatic heterocycles. The van der Waals surface area contributed by atoms with Crippen LogP contribution in [0.1, 0.15) is 45.6 Å². The molecule has 37 heavy (non-hydrogen) atoms. The molecule has 0 saturated carbocycles. The molecule has 0 saturated heterocycles. The summed E-state index contributed by atoms with van der Waals surface area (Å²) in [7, 11) is -2.10. The molecule has 0 aliphatic carbocycles. The predicted octanol–water partition coefficient (Wildman–Crippen LogP) is 4.88. The molecule has 0 unspecified atom stereocenters. The summed E-state index contributed by atoms with van der Waals surface area (Å²) in [6, 6.07) is 10.9. The number of hydrogen-bond acceptors (Lipinski definition) is 5. The molecule has 0 heterocycles. The van der Waals surface area contributed by atoms with E-state index in [2.05, 4.69) is 5.32 Å². The van der Waals surface area contributed by atoms with Crippen LogP contribution in [0.2, 0.25) is 10.0 Å². The van der Waals surface area contributed by atoms with Crippen molar-refractivity contribution in [3.05, 3.63) is 58.1 Å². The Labute approximate surface area is 229 Å². The van der Waals surface area contributed by atoms with E-state index in [0.717, 1.165) is 12.7 Å². The molecule has 8 nitrogen and oxygen atoms in total. The van der Waals surface area contributed by atoms with E-state index in [0.29, 0.717) is 27.0 Å². The predicted molar refractivity (Wildman–Crippen MR) is 149 cm³/mol. The molecular formula is C26H35Cl2N3O5S. The van der Waals surface area contributed by atoms with Gasteiger partial charge in [0.25, 0.3) is 0 Å². The van der Waals surface area contributed by atoms with E-state index in [1.807, 2.05) is 13.8 Å². The number of amides is 2. The zero-order chi connectivity index (χ0) is 27.8. The first kappa shape index (κ1) is 30.7. The van der Waals surface area contributed by atoms with Crippen molar-refractivity contribution in [2.24, 2.45) is 0 Å². The summed E-state index contributed by atoms with van der Waals surface area (Å²) < 4.78 is 31.4. The highest BCUT2D eigenvalue weighted by atomic mass is 35.5. The number of rotatable bonds is 13. The number of ether oxygens (including phenoxy) is 1. The molecule has 0 aliphatic heterocycles. The topological polar surface area (TPSA) is 96.0 Å². The lowest BCUT2D eigenvalue weighted by Crippen LogP contribution is -2.49. The van der Waals surface area contributed by atoms with Crippen LogP contribution < -0.4 is 14.4 Å². The fraction of sp³-hybridized carbons (Fsp3) is 0.462. The number of halogens is 2. The Bertz CT molecular complexity index is 1190. The second-order valence-corrected chi connectivity index (χ2v) is 11.6. The first-order chi connectivity index (χ1) is 17.4. The Balaban J connectivity index is 2.22. The molecule has 204 valence electrons. The van der Waals surface area contributed by atoms with Crippen molar-refractivity contribution in [2.45, 2.75) is 58.7 Å². The molecule has 2 amide bonds. The van der Waals surface area contributed by atoms with E-state index in [9.17, 15) is 18.0 Å². The van der Waals surface area contributed by atoms with Crippen LogP contribution >= 0.6 is 23.2 Å². The third-order valence-corrected chi connectivity index (χ3v) is 7.80. The second-order valence-electron chi connectivity index (χ2n) is 8.89. The first-order valence-corrected chi connectivity index (χ1v) is 14.6.